The minimum Gasteiger partial charge on any atom is -0.339 e. The molecular formula is C15H16ClN3O. The van der Waals surface area contributed by atoms with Crippen molar-refractivity contribution in [3.05, 3.63) is 46.7 Å². The number of nitrogens with zero attached hydrogens (tertiary/aromatic N) is 3. The van der Waals surface area contributed by atoms with Gasteiger partial charge >= 0.3 is 0 Å². The summed E-state index contributed by atoms with van der Waals surface area (Å²) in [4.78, 5) is 14.3. The number of benzene rings is 1. The number of hydrogen-bond acceptors (Lipinski definition) is 2. The fraction of sp³-hybridized carbons (Fsp3) is 0.333. The molecule has 3 rings (SSSR count). The summed E-state index contributed by atoms with van der Waals surface area (Å²) in [5, 5.41) is 4.99. The first-order valence-electron chi connectivity index (χ1n) is 6.76. The Morgan fingerprint density at radius 2 is 2.05 bits per heavy atom. The van der Waals surface area contributed by atoms with Gasteiger partial charge in [0.25, 0.3) is 5.91 Å². The highest BCUT2D eigenvalue weighted by atomic mass is 35.5. The molecule has 1 aromatic carbocycles. The quantitative estimate of drug-likeness (QED) is 0.852. The molecule has 0 saturated carbocycles. The van der Waals surface area contributed by atoms with Crippen LogP contribution in [-0.2, 0) is 0 Å². The molecule has 0 spiro atoms. The van der Waals surface area contributed by atoms with Gasteiger partial charge in [0.05, 0.1) is 23.1 Å². The number of aromatic nitrogens is 2. The van der Waals surface area contributed by atoms with Crippen molar-refractivity contribution in [2.24, 2.45) is 0 Å². The molecule has 0 aliphatic carbocycles. The van der Waals surface area contributed by atoms with Gasteiger partial charge in [-0.15, -0.1) is 0 Å². The largest absolute Gasteiger partial charge is 0.339 e. The molecule has 1 amide bonds. The second-order valence-corrected chi connectivity index (χ2v) is 5.47. The number of halogens is 1. The lowest BCUT2D eigenvalue weighted by molar-refractivity contribution is 0.0792. The molecule has 20 heavy (non-hydrogen) atoms. The van der Waals surface area contributed by atoms with E-state index in [0.717, 1.165) is 37.3 Å². The molecule has 5 heteroatoms. The number of likely N-dealkylation sites (tertiary alicyclic amines) is 1. The second-order valence-electron chi connectivity index (χ2n) is 5.03. The van der Waals surface area contributed by atoms with Crippen molar-refractivity contribution in [1.29, 1.82) is 0 Å². The van der Waals surface area contributed by atoms with Crippen LogP contribution in [0.4, 0.5) is 0 Å². The first-order chi connectivity index (χ1) is 9.66. The third-order valence-corrected chi connectivity index (χ3v) is 3.92. The molecule has 2 aromatic rings. The zero-order valence-corrected chi connectivity index (χ0v) is 12.1. The summed E-state index contributed by atoms with van der Waals surface area (Å²) >= 11 is 6.00. The second kappa shape index (κ2) is 5.29. The van der Waals surface area contributed by atoms with E-state index in [0.29, 0.717) is 10.6 Å². The molecule has 0 unspecified atom stereocenters. The van der Waals surface area contributed by atoms with E-state index in [1.807, 2.05) is 36.1 Å². The van der Waals surface area contributed by atoms with Gasteiger partial charge in [0.15, 0.2) is 0 Å². The minimum atomic E-state index is 0.0771. The monoisotopic (exact) mass is 289 g/mol. The predicted molar refractivity (Wildman–Crippen MR) is 78.4 cm³/mol. The van der Waals surface area contributed by atoms with Crippen molar-refractivity contribution in [3.63, 3.8) is 0 Å². The first-order valence-corrected chi connectivity index (χ1v) is 7.14. The van der Waals surface area contributed by atoms with Crippen LogP contribution >= 0.6 is 11.6 Å². The van der Waals surface area contributed by atoms with Crippen molar-refractivity contribution >= 4 is 17.5 Å². The highest BCUT2D eigenvalue weighted by Crippen LogP contribution is 2.20. The van der Waals surface area contributed by atoms with E-state index in [1.54, 1.807) is 10.9 Å². The standard InChI is InChI=1S/C15H16ClN3O/c1-11-14(15(20)18-7-2-3-8-18)10-17-19(11)13-6-4-5-12(16)9-13/h4-6,9-10H,2-3,7-8H2,1H3. The normalized spacial score (nSPS) is 14.8. The van der Waals surface area contributed by atoms with E-state index >= 15 is 0 Å². The van der Waals surface area contributed by atoms with Crippen LogP contribution in [-0.4, -0.2) is 33.7 Å². The van der Waals surface area contributed by atoms with Crippen LogP contribution in [0.15, 0.2) is 30.5 Å². The zero-order valence-electron chi connectivity index (χ0n) is 11.3. The highest BCUT2D eigenvalue weighted by Gasteiger charge is 2.23. The minimum absolute atomic E-state index is 0.0771. The molecule has 1 fully saturated rings. The zero-order chi connectivity index (χ0) is 14.1. The Bertz CT molecular complexity index is 644. The molecule has 0 atom stereocenters. The summed E-state index contributed by atoms with van der Waals surface area (Å²) in [6.07, 6.45) is 3.83. The molecule has 4 nitrogen and oxygen atoms in total. The highest BCUT2D eigenvalue weighted by molar-refractivity contribution is 6.30. The third kappa shape index (κ3) is 2.31. The molecule has 1 saturated heterocycles. The van der Waals surface area contributed by atoms with Gasteiger partial charge in [-0.2, -0.15) is 5.10 Å². The van der Waals surface area contributed by atoms with E-state index in [4.69, 9.17) is 11.6 Å². The molecule has 1 aliphatic heterocycles. The number of carbonyl (C=O) groups is 1. The Labute approximate surface area is 123 Å². The maximum absolute atomic E-state index is 12.4. The summed E-state index contributed by atoms with van der Waals surface area (Å²) in [7, 11) is 0. The average molecular weight is 290 g/mol. The van der Waals surface area contributed by atoms with Gasteiger partial charge in [-0.3, -0.25) is 4.79 Å². The van der Waals surface area contributed by atoms with Gasteiger partial charge in [-0.1, -0.05) is 17.7 Å². The smallest absolute Gasteiger partial charge is 0.257 e. The lowest BCUT2D eigenvalue weighted by Crippen LogP contribution is -2.27. The summed E-state index contributed by atoms with van der Waals surface area (Å²) < 4.78 is 1.76. The van der Waals surface area contributed by atoms with Gasteiger partial charge in [0.1, 0.15) is 0 Å². The maximum atomic E-state index is 12.4. The summed E-state index contributed by atoms with van der Waals surface area (Å²) in [5.41, 5.74) is 2.39. The van der Waals surface area contributed by atoms with Crippen LogP contribution in [0.25, 0.3) is 5.69 Å². The van der Waals surface area contributed by atoms with Gasteiger partial charge in [0.2, 0.25) is 0 Å². The molecule has 0 N–H and O–H groups in total. The Hall–Kier alpha value is -1.81. The molecule has 0 radical (unpaired) electrons. The van der Waals surface area contributed by atoms with E-state index in [-0.39, 0.29) is 5.91 Å². The topological polar surface area (TPSA) is 38.1 Å². The van der Waals surface area contributed by atoms with Crippen LogP contribution < -0.4 is 0 Å². The van der Waals surface area contributed by atoms with Crippen LogP contribution in [0.2, 0.25) is 5.02 Å². The lowest BCUT2D eigenvalue weighted by atomic mass is 10.2. The van der Waals surface area contributed by atoms with Crippen molar-refractivity contribution < 1.29 is 4.79 Å². The Balaban J connectivity index is 1.94. The van der Waals surface area contributed by atoms with Crippen molar-refractivity contribution in [2.75, 3.05) is 13.1 Å². The van der Waals surface area contributed by atoms with Gasteiger partial charge in [0, 0.05) is 18.1 Å². The predicted octanol–water partition coefficient (Wildman–Crippen LogP) is 3.07. The Kier molecular flexibility index (Phi) is 3.49. The number of hydrogen-bond donors (Lipinski definition) is 0. The van der Waals surface area contributed by atoms with E-state index in [2.05, 4.69) is 5.10 Å². The molecule has 104 valence electrons. The van der Waals surface area contributed by atoms with E-state index < -0.39 is 0 Å². The van der Waals surface area contributed by atoms with Gasteiger partial charge in [-0.05, 0) is 38.0 Å². The lowest BCUT2D eigenvalue weighted by Gasteiger charge is -2.14. The fourth-order valence-corrected chi connectivity index (χ4v) is 2.76. The summed E-state index contributed by atoms with van der Waals surface area (Å²) in [5.74, 6) is 0.0771. The SMILES string of the molecule is Cc1c(C(=O)N2CCCC2)cnn1-c1cccc(Cl)c1. The first kappa shape index (κ1) is 13.2. The van der Waals surface area contributed by atoms with Gasteiger partial charge < -0.3 is 4.90 Å². The van der Waals surface area contributed by atoms with E-state index in [9.17, 15) is 4.79 Å². The van der Waals surface area contributed by atoms with Gasteiger partial charge in [-0.25, -0.2) is 4.68 Å². The average Bonchev–Trinajstić information content (AvgIpc) is 3.07. The summed E-state index contributed by atoms with van der Waals surface area (Å²) in [6, 6.07) is 7.46. The van der Waals surface area contributed by atoms with Crippen molar-refractivity contribution in [2.45, 2.75) is 19.8 Å². The Morgan fingerprint density at radius 1 is 1.30 bits per heavy atom. The maximum Gasteiger partial charge on any atom is 0.257 e. The fourth-order valence-electron chi connectivity index (χ4n) is 2.58. The number of amides is 1. The molecule has 1 aromatic heterocycles. The van der Waals surface area contributed by atoms with Crippen LogP contribution in [0.3, 0.4) is 0 Å². The van der Waals surface area contributed by atoms with Crippen LogP contribution in [0.5, 0.6) is 0 Å². The van der Waals surface area contributed by atoms with Crippen molar-refractivity contribution in [3.8, 4) is 5.69 Å². The van der Waals surface area contributed by atoms with Crippen molar-refractivity contribution in [1.82, 2.24) is 14.7 Å². The van der Waals surface area contributed by atoms with Crippen LogP contribution in [0, 0.1) is 6.92 Å². The Morgan fingerprint density at radius 3 is 2.75 bits per heavy atom. The summed E-state index contributed by atoms with van der Waals surface area (Å²) in [6.45, 7) is 3.61. The van der Waals surface area contributed by atoms with Crippen LogP contribution in [0.1, 0.15) is 28.9 Å². The third-order valence-electron chi connectivity index (χ3n) is 3.69. The molecule has 0 bridgehead atoms. The molecule has 1 aliphatic rings. The van der Waals surface area contributed by atoms with E-state index in [1.165, 1.54) is 0 Å². The molecular weight excluding hydrogens is 274 g/mol. The molecule has 2 heterocycles. The number of rotatable bonds is 2. The number of carbonyl (C=O) groups excluding carboxylic acids is 1.